The number of nitrogens with one attached hydrogen (secondary N) is 2. The summed E-state index contributed by atoms with van der Waals surface area (Å²) in [5, 5.41) is 16.6. The van der Waals surface area contributed by atoms with Gasteiger partial charge < -0.3 is 15.2 Å². The minimum absolute atomic E-state index is 0.172. The number of benzene rings is 2. The van der Waals surface area contributed by atoms with E-state index in [1.54, 1.807) is 18.2 Å². The van der Waals surface area contributed by atoms with E-state index in [2.05, 4.69) is 20.8 Å². The van der Waals surface area contributed by atoms with Crippen LogP contribution in [0.2, 0.25) is 15.1 Å². The Bertz CT molecular complexity index is 994. The van der Waals surface area contributed by atoms with Gasteiger partial charge in [0.25, 0.3) is 0 Å². The quantitative estimate of drug-likeness (QED) is 0.419. The maximum absolute atomic E-state index is 12.3. The van der Waals surface area contributed by atoms with Crippen LogP contribution in [0.1, 0.15) is 12.7 Å². The van der Waals surface area contributed by atoms with Crippen molar-refractivity contribution in [3.8, 4) is 0 Å². The van der Waals surface area contributed by atoms with Crippen LogP contribution in [-0.2, 0) is 17.9 Å². The highest BCUT2D eigenvalue weighted by molar-refractivity contribution is 7.99. The molecule has 1 heterocycles. The lowest BCUT2D eigenvalue weighted by atomic mass is 10.3. The lowest BCUT2D eigenvalue weighted by molar-refractivity contribution is -0.113. The number of halogens is 3. The number of rotatable bonds is 8. The van der Waals surface area contributed by atoms with Gasteiger partial charge in [0, 0.05) is 17.3 Å². The summed E-state index contributed by atoms with van der Waals surface area (Å²) >= 11 is 19.3. The average molecular weight is 471 g/mol. The first-order chi connectivity index (χ1) is 14.0. The van der Waals surface area contributed by atoms with E-state index in [1.165, 1.54) is 11.8 Å². The molecule has 0 aliphatic carbocycles. The molecule has 1 aromatic heterocycles. The summed E-state index contributed by atoms with van der Waals surface area (Å²) in [4.78, 5) is 12.3. The van der Waals surface area contributed by atoms with Crippen molar-refractivity contribution in [3.05, 3.63) is 63.4 Å². The molecule has 0 radical (unpaired) electrons. The summed E-state index contributed by atoms with van der Waals surface area (Å²) in [6.07, 6.45) is 0. The summed E-state index contributed by atoms with van der Waals surface area (Å²) in [5.74, 6) is 0.750. The fourth-order valence-corrected chi connectivity index (χ4v) is 3.83. The molecule has 0 spiro atoms. The summed E-state index contributed by atoms with van der Waals surface area (Å²) < 4.78 is 1.97. The first-order valence-electron chi connectivity index (χ1n) is 8.76. The van der Waals surface area contributed by atoms with Crippen LogP contribution in [0, 0.1) is 0 Å². The molecular weight excluding hydrogens is 453 g/mol. The van der Waals surface area contributed by atoms with Crippen molar-refractivity contribution in [2.45, 2.75) is 25.2 Å². The van der Waals surface area contributed by atoms with Crippen molar-refractivity contribution in [2.75, 3.05) is 16.4 Å². The van der Waals surface area contributed by atoms with Gasteiger partial charge in [-0.15, -0.1) is 10.2 Å². The third-order valence-corrected chi connectivity index (χ3v) is 6.00. The summed E-state index contributed by atoms with van der Waals surface area (Å²) in [5.41, 5.74) is 1.42. The zero-order valence-electron chi connectivity index (χ0n) is 15.5. The molecule has 1 amide bonds. The normalized spacial score (nSPS) is 10.8. The standard InChI is InChI=1S/C19H18Cl3N5OS/c1-2-27-16(10-23-13-8-6-12(20)7-9-13)25-26-19(27)29-11-17(28)24-15-5-3-4-14(21)18(15)22/h3-9,23H,2,10-11H2,1H3,(H,24,28). The number of amides is 1. The second-order valence-electron chi connectivity index (χ2n) is 5.94. The van der Waals surface area contributed by atoms with Crippen LogP contribution in [0.3, 0.4) is 0 Å². The van der Waals surface area contributed by atoms with Gasteiger partial charge in [0.05, 0.1) is 28.0 Å². The number of thioether (sulfide) groups is 1. The van der Waals surface area contributed by atoms with Crippen molar-refractivity contribution in [2.24, 2.45) is 0 Å². The summed E-state index contributed by atoms with van der Waals surface area (Å²) in [6, 6.07) is 12.5. The largest absolute Gasteiger partial charge is 0.378 e. The van der Waals surface area contributed by atoms with Crippen LogP contribution >= 0.6 is 46.6 Å². The molecule has 10 heteroatoms. The van der Waals surface area contributed by atoms with Gasteiger partial charge in [0.2, 0.25) is 5.91 Å². The number of anilines is 2. The zero-order chi connectivity index (χ0) is 20.8. The van der Waals surface area contributed by atoms with Crippen LogP contribution in [0.5, 0.6) is 0 Å². The highest BCUT2D eigenvalue weighted by Gasteiger charge is 2.14. The molecule has 29 heavy (non-hydrogen) atoms. The van der Waals surface area contributed by atoms with E-state index in [9.17, 15) is 4.79 Å². The Kier molecular flexibility index (Phi) is 7.66. The molecule has 3 aromatic rings. The molecule has 6 nitrogen and oxygen atoms in total. The van der Waals surface area contributed by atoms with Crippen LogP contribution in [0.25, 0.3) is 0 Å². The third kappa shape index (κ3) is 5.79. The highest BCUT2D eigenvalue weighted by Crippen LogP contribution is 2.29. The highest BCUT2D eigenvalue weighted by atomic mass is 35.5. The van der Waals surface area contributed by atoms with E-state index in [-0.39, 0.29) is 11.7 Å². The minimum atomic E-state index is -0.203. The molecule has 152 valence electrons. The number of carbonyl (C=O) groups excluding carboxylic acids is 1. The lowest BCUT2D eigenvalue weighted by Gasteiger charge is -2.10. The van der Waals surface area contributed by atoms with Gasteiger partial charge in [-0.25, -0.2) is 0 Å². The summed E-state index contributed by atoms with van der Waals surface area (Å²) in [6.45, 7) is 3.20. The second-order valence-corrected chi connectivity index (χ2v) is 8.11. The van der Waals surface area contributed by atoms with Gasteiger partial charge >= 0.3 is 0 Å². The summed E-state index contributed by atoms with van der Waals surface area (Å²) in [7, 11) is 0. The molecule has 0 saturated heterocycles. The van der Waals surface area contributed by atoms with E-state index >= 15 is 0 Å². The SMILES string of the molecule is CCn1c(CNc2ccc(Cl)cc2)nnc1SCC(=O)Nc1cccc(Cl)c1Cl. The van der Waals surface area contributed by atoms with Gasteiger partial charge in [0.15, 0.2) is 11.0 Å². The second kappa shape index (κ2) is 10.2. The molecule has 2 aromatic carbocycles. The minimum Gasteiger partial charge on any atom is -0.378 e. The monoisotopic (exact) mass is 469 g/mol. The number of hydrogen-bond donors (Lipinski definition) is 2. The van der Waals surface area contributed by atoms with Gasteiger partial charge in [0.1, 0.15) is 0 Å². The Morgan fingerprint density at radius 3 is 2.59 bits per heavy atom. The van der Waals surface area contributed by atoms with Crippen molar-refractivity contribution in [3.63, 3.8) is 0 Å². The Morgan fingerprint density at radius 1 is 1.10 bits per heavy atom. The molecule has 0 fully saturated rings. The van der Waals surface area contributed by atoms with Crippen LogP contribution < -0.4 is 10.6 Å². The van der Waals surface area contributed by atoms with Gasteiger partial charge in [-0.1, -0.05) is 52.6 Å². The number of nitrogens with zero attached hydrogens (tertiary/aromatic N) is 3. The van der Waals surface area contributed by atoms with E-state index in [0.717, 1.165) is 11.5 Å². The fourth-order valence-electron chi connectivity index (χ4n) is 2.54. The molecule has 0 aliphatic rings. The van der Waals surface area contributed by atoms with Crippen LogP contribution in [0.4, 0.5) is 11.4 Å². The molecule has 0 atom stereocenters. The Balaban J connectivity index is 1.58. The van der Waals surface area contributed by atoms with Crippen LogP contribution in [-0.4, -0.2) is 26.4 Å². The van der Waals surface area contributed by atoms with Crippen molar-refractivity contribution in [1.82, 2.24) is 14.8 Å². The zero-order valence-corrected chi connectivity index (χ0v) is 18.5. The maximum atomic E-state index is 12.3. The molecule has 0 saturated carbocycles. The van der Waals surface area contributed by atoms with Crippen molar-refractivity contribution >= 4 is 63.8 Å². The van der Waals surface area contributed by atoms with Gasteiger partial charge in [-0.3, -0.25) is 4.79 Å². The molecule has 0 aliphatic heterocycles. The molecule has 2 N–H and O–H groups in total. The van der Waals surface area contributed by atoms with Gasteiger partial charge in [-0.2, -0.15) is 0 Å². The Morgan fingerprint density at radius 2 is 1.86 bits per heavy atom. The van der Waals surface area contributed by atoms with Crippen LogP contribution in [0.15, 0.2) is 47.6 Å². The smallest absolute Gasteiger partial charge is 0.234 e. The van der Waals surface area contributed by atoms with Crippen molar-refractivity contribution in [1.29, 1.82) is 0 Å². The van der Waals surface area contributed by atoms with E-state index in [0.29, 0.717) is 39.0 Å². The lowest BCUT2D eigenvalue weighted by Crippen LogP contribution is -2.15. The van der Waals surface area contributed by atoms with E-state index in [1.807, 2.05) is 35.8 Å². The molecule has 3 rings (SSSR count). The molecule has 0 bridgehead atoms. The topological polar surface area (TPSA) is 71.8 Å². The Labute approximate surface area is 187 Å². The number of hydrogen-bond acceptors (Lipinski definition) is 5. The Hall–Kier alpha value is -1.93. The van der Waals surface area contributed by atoms with Crippen molar-refractivity contribution < 1.29 is 4.79 Å². The van der Waals surface area contributed by atoms with E-state index < -0.39 is 0 Å². The third-order valence-electron chi connectivity index (χ3n) is 3.96. The average Bonchev–Trinajstić information content (AvgIpc) is 3.11. The van der Waals surface area contributed by atoms with E-state index in [4.69, 9.17) is 34.8 Å². The predicted octanol–water partition coefficient (Wildman–Crippen LogP) is 5.60. The number of carbonyl (C=O) groups is 1. The van der Waals surface area contributed by atoms with Gasteiger partial charge in [-0.05, 0) is 43.3 Å². The maximum Gasteiger partial charge on any atom is 0.234 e. The first-order valence-corrected chi connectivity index (χ1v) is 10.9. The molecular formula is C19H18Cl3N5OS. The first kappa shape index (κ1) is 21.8. The predicted molar refractivity (Wildman–Crippen MR) is 120 cm³/mol. The number of aromatic nitrogens is 3. The molecule has 0 unspecified atom stereocenters. The fraction of sp³-hybridized carbons (Fsp3) is 0.211.